The van der Waals surface area contributed by atoms with Gasteiger partial charge in [0, 0.05) is 37.0 Å². The molecule has 0 saturated carbocycles. The Morgan fingerprint density at radius 3 is 2.40 bits per heavy atom. The van der Waals surface area contributed by atoms with E-state index in [0.29, 0.717) is 0 Å². The Bertz CT molecular complexity index is 663. The Hall–Kier alpha value is -1.51. The summed E-state index contributed by atoms with van der Waals surface area (Å²) in [6.45, 7) is 0.0852. The van der Waals surface area contributed by atoms with Crippen molar-refractivity contribution < 1.29 is 18.1 Å². The molecule has 0 aromatic heterocycles. The Labute approximate surface area is 120 Å². The summed E-state index contributed by atoms with van der Waals surface area (Å²) >= 11 is 5.66. The summed E-state index contributed by atoms with van der Waals surface area (Å²) in [6.07, 6.45) is 0.251. The summed E-state index contributed by atoms with van der Waals surface area (Å²) < 4.78 is 25.9. The van der Waals surface area contributed by atoms with E-state index in [2.05, 4.69) is 0 Å². The molecule has 0 N–H and O–H groups in total. The molecule has 1 aliphatic heterocycles. The second-order valence-electron chi connectivity index (χ2n) is 4.31. The number of nitro groups is 1. The number of sulfonamides is 1. The number of carbonyl (C=O) groups excluding carboxylic acids is 1. The predicted octanol–water partition coefficient (Wildman–Crippen LogP) is 1.60. The molecule has 0 unspecified atom stereocenters. The lowest BCUT2D eigenvalue weighted by Crippen LogP contribution is -2.38. The Morgan fingerprint density at radius 1 is 1.25 bits per heavy atom. The summed E-state index contributed by atoms with van der Waals surface area (Å²) in [5.41, 5.74) is -0.561. The van der Waals surface area contributed by atoms with Gasteiger partial charge in [0.25, 0.3) is 5.69 Å². The van der Waals surface area contributed by atoms with Crippen LogP contribution in [-0.2, 0) is 14.8 Å². The highest BCUT2D eigenvalue weighted by molar-refractivity contribution is 7.89. The van der Waals surface area contributed by atoms with Crippen molar-refractivity contribution in [3.05, 3.63) is 33.3 Å². The van der Waals surface area contributed by atoms with Gasteiger partial charge in [-0.3, -0.25) is 14.9 Å². The third-order valence-electron chi connectivity index (χ3n) is 3.02. The first kappa shape index (κ1) is 14.9. The first-order chi connectivity index (χ1) is 9.32. The molecule has 0 bridgehead atoms. The minimum Gasteiger partial charge on any atom is -0.300 e. The van der Waals surface area contributed by atoms with Crippen LogP contribution in [0.5, 0.6) is 0 Å². The average molecular weight is 319 g/mol. The maximum absolute atomic E-state index is 12.4. The van der Waals surface area contributed by atoms with Crippen LogP contribution < -0.4 is 0 Å². The van der Waals surface area contributed by atoms with Crippen LogP contribution in [0.1, 0.15) is 12.8 Å². The van der Waals surface area contributed by atoms with E-state index in [1.54, 1.807) is 0 Å². The third kappa shape index (κ3) is 2.82. The molecule has 2 rings (SSSR count). The van der Waals surface area contributed by atoms with E-state index >= 15 is 0 Å². The fraction of sp³-hybridized carbons (Fsp3) is 0.364. The lowest BCUT2D eigenvalue weighted by molar-refractivity contribution is -0.387. The van der Waals surface area contributed by atoms with E-state index < -0.39 is 25.5 Å². The van der Waals surface area contributed by atoms with Crippen molar-refractivity contribution in [2.24, 2.45) is 0 Å². The smallest absolute Gasteiger partial charge is 0.290 e. The van der Waals surface area contributed by atoms with Gasteiger partial charge in [-0.25, -0.2) is 8.42 Å². The largest absolute Gasteiger partial charge is 0.300 e. The summed E-state index contributed by atoms with van der Waals surface area (Å²) in [5.74, 6) is -0.0120. The third-order valence-corrected chi connectivity index (χ3v) is 5.20. The zero-order valence-electron chi connectivity index (χ0n) is 10.3. The molecule has 1 aromatic rings. The van der Waals surface area contributed by atoms with Crippen molar-refractivity contribution in [3.8, 4) is 0 Å². The van der Waals surface area contributed by atoms with Crippen molar-refractivity contribution in [3.63, 3.8) is 0 Å². The van der Waals surface area contributed by atoms with E-state index in [1.165, 1.54) is 6.07 Å². The Balaban J connectivity index is 2.44. The number of hydrogen-bond acceptors (Lipinski definition) is 5. The van der Waals surface area contributed by atoms with Gasteiger partial charge < -0.3 is 0 Å². The lowest BCUT2D eigenvalue weighted by atomic mass is 10.1. The zero-order chi connectivity index (χ0) is 14.9. The van der Waals surface area contributed by atoms with Gasteiger partial charge in [-0.05, 0) is 12.1 Å². The molecule has 1 heterocycles. The number of hydrogen-bond donors (Lipinski definition) is 0. The number of rotatable bonds is 3. The summed E-state index contributed by atoms with van der Waals surface area (Å²) in [6, 6.07) is 3.41. The lowest BCUT2D eigenvalue weighted by Gasteiger charge is -2.25. The second kappa shape index (κ2) is 5.47. The fourth-order valence-electron chi connectivity index (χ4n) is 1.97. The van der Waals surface area contributed by atoms with Crippen LogP contribution in [0.15, 0.2) is 23.1 Å². The van der Waals surface area contributed by atoms with Gasteiger partial charge in [0.1, 0.15) is 5.78 Å². The SMILES string of the molecule is O=C1CCN(S(=O)(=O)c2ccc(Cl)cc2[N+](=O)[O-])CC1. The van der Waals surface area contributed by atoms with E-state index in [-0.39, 0.29) is 36.7 Å². The minimum atomic E-state index is -4.00. The molecule has 108 valence electrons. The fourth-order valence-corrected chi connectivity index (χ4v) is 3.71. The van der Waals surface area contributed by atoms with E-state index in [4.69, 9.17) is 11.6 Å². The van der Waals surface area contributed by atoms with Gasteiger partial charge in [0.05, 0.1) is 4.92 Å². The quantitative estimate of drug-likeness (QED) is 0.623. The molecule has 1 aliphatic rings. The normalized spacial score (nSPS) is 17.1. The predicted molar refractivity (Wildman–Crippen MR) is 71.1 cm³/mol. The molecular weight excluding hydrogens is 308 g/mol. The van der Waals surface area contributed by atoms with Gasteiger partial charge in [-0.2, -0.15) is 4.31 Å². The monoisotopic (exact) mass is 318 g/mol. The van der Waals surface area contributed by atoms with Crippen molar-refractivity contribution in [2.75, 3.05) is 13.1 Å². The number of carbonyl (C=O) groups is 1. The first-order valence-corrected chi connectivity index (χ1v) is 7.60. The van der Waals surface area contributed by atoms with Crippen LogP contribution in [0, 0.1) is 10.1 Å². The van der Waals surface area contributed by atoms with Crippen LogP contribution >= 0.6 is 11.6 Å². The highest BCUT2D eigenvalue weighted by Crippen LogP contribution is 2.30. The summed E-state index contributed by atoms with van der Waals surface area (Å²) in [7, 11) is -4.00. The molecule has 1 fully saturated rings. The van der Waals surface area contributed by atoms with Crippen molar-refractivity contribution >= 4 is 33.1 Å². The summed E-state index contributed by atoms with van der Waals surface area (Å²) in [4.78, 5) is 20.9. The molecule has 0 amide bonds. The van der Waals surface area contributed by atoms with Crippen LogP contribution in [0.25, 0.3) is 0 Å². The Kier molecular flexibility index (Phi) is 4.07. The molecule has 0 aliphatic carbocycles. The van der Waals surface area contributed by atoms with Crippen molar-refractivity contribution in [2.45, 2.75) is 17.7 Å². The van der Waals surface area contributed by atoms with Gasteiger partial charge in [-0.15, -0.1) is 0 Å². The number of Topliss-reactive ketones (excluding diaryl/α,β-unsaturated/α-hetero) is 1. The van der Waals surface area contributed by atoms with E-state index in [0.717, 1.165) is 16.4 Å². The molecule has 7 nitrogen and oxygen atoms in total. The highest BCUT2D eigenvalue weighted by Gasteiger charge is 2.33. The Morgan fingerprint density at radius 2 is 1.85 bits per heavy atom. The number of nitrogens with zero attached hydrogens (tertiary/aromatic N) is 2. The van der Waals surface area contributed by atoms with Gasteiger partial charge in [0.2, 0.25) is 10.0 Å². The molecule has 9 heteroatoms. The van der Waals surface area contributed by atoms with Crippen LogP contribution in [-0.4, -0.2) is 36.5 Å². The number of ketones is 1. The average Bonchev–Trinajstić information content (AvgIpc) is 2.38. The molecular formula is C11H11ClN2O5S. The van der Waals surface area contributed by atoms with Crippen LogP contribution in [0.2, 0.25) is 5.02 Å². The van der Waals surface area contributed by atoms with E-state index in [1.807, 2.05) is 0 Å². The zero-order valence-corrected chi connectivity index (χ0v) is 11.9. The summed E-state index contributed by atoms with van der Waals surface area (Å²) in [5, 5.41) is 11.1. The van der Waals surface area contributed by atoms with Crippen molar-refractivity contribution in [1.82, 2.24) is 4.31 Å². The molecule has 1 saturated heterocycles. The molecule has 0 spiro atoms. The number of benzene rings is 1. The van der Waals surface area contributed by atoms with Crippen LogP contribution in [0.3, 0.4) is 0 Å². The number of piperidine rings is 1. The molecule has 0 radical (unpaired) electrons. The van der Waals surface area contributed by atoms with Gasteiger partial charge in [0.15, 0.2) is 4.90 Å². The van der Waals surface area contributed by atoms with Crippen molar-refractivity contribution in [1.29, 1.82) is 0 Å². The standard InChI is InChI=1S/C11H11ClN2O5S/c12-8-1-2-11(10(7-8)14(16)17)20(18,19)13-5-3-9(15)4-6-13/h1-2,7H,3-6H2. The molecule has 0 atom stereocenters. The van der Waals surface area contributed by atoms with E-state index in [9.17, 15) is 23.3 Å². The topological polar surface area (TPSA) is 97.6 Å². The maximum Gasteiger partial charge on any atom is 0.290 e. The molecule has 20 heavy (non-hydrogen) atoms. The number of nitro benzene ring substituents is 1. The highest BCUT2D eigenvalue weighted by atomic mass is 35.5. The minimum absolute atomic E-state index is 0.0120. The maximum atomic E-state index is 12.4. The first-order valence-electron chi connectivity index (χ1n) is 5.78. The molecule has 1 aromatic carbocycles. The van der Waals surface area contributed by atoms with Gasteiger partial charge >= 0.3 is 0 Å². The van der Waals surface area contributed by atoms with Gasteiger partial charge in [-0.1, -0.05) is 11.6 Å². The second-order valence-corrected chi connectivity index (χ2v) is 6.65. The van der Waals surface area contributed by atoms with Crippen LogP contribution in [0.4, 0.5) is 5.69 Å². The number of halogens is 1.